The highest BCUT2D eigenvalue weighted by Gasteiger charge is 2.62. The molecule has 1 amide bonds. The van der Waals surface area contributed by atoms with Crippen LogP contribution >= 0.6 is 0 Å². The zero-order chi connectivity index (χ0) is 50.8. The molecule has 0 spiro atoms. The summed E-state index contributed by atoms with van der Waals surface area (Å²) in [5, 5.41) is 28.6. The van der Waals surface area contributed by atoms with E-state index in [0.717, 1.165) is 52.1 Å². The van der Waals surface area contributed by atoms with Crippen molar-refractivity contribution in [2.75, 3.05) is 26.9 Å². The monoisotopic (exact) mass is 991 g/mol. The van der Waals surface area contributed by atoms with Crippen molar-refractivity contribution in [1.29, 1.82) is 0 Å². The maximum atomic E-state index is 14.4. The molecule has 2 heterocycles. The lowest BCUT2D eigenvalue weighted by Gasteiger charge is -2.51. The van der Waals surface area contributed by atoms with Gasteiger partial charge in [0.05, 0.1) is 26.2 Å². The first kappa shape index (κ1) is 56.0. The number of ether oxygens (including phenoxy) is 9. The minimum atomic E-state index is -3.29. The van der Waals surface area contributed by atoms with E-state index < -0.39 is 137 Å². The Bertz CT molecular complexity index is 1990. The van der Waals surface area contributed by atoms with Crippen LogP contribution in [-0.2, 0) is 75.8 Å². The van der Waals surface area contributed by atoms with E-state index in [0.29, 0.717) is 6.04 Å². The second kappa shape index (κ2) is 23.8. The van der Waals surface area contributed by atoms with Crippen molar-refractivity contribution < 1.29 is 86.0 Å². The zero-order valence-electron chi connectivity index (χ0n) is 41.0. The van der Waals surface area contributed by atoms with E-state index in [1.807, 2.05) is 60.7 Å². The third-order valence-electron chi connectivity index (χ3n) is 11.5. The molecule has 2 aromatic rings. The summed E-state index contributed by atoms with van der Waals surface area (Å²) in [4.78, 5) is 77.5. The highest BCUT2D eigenvalue weighted by Crippen LogP contribution is 2.41. The van der Waals surface area contributed by atoms with Crippen molar-refractivity contribution >= 4 is 62.5 Å². The molecule has 378 valence electrons. The molecule has 0 saturated carbocycles. The SMILES string of the molecule is COC(=O)[C@@]1(O[C@H]2[C@@H](O)[C@@H](CO[Si](c3ccccc3)(c3ccccc3)C(C)(C)C)O[C@@H](OCC[Si](C)(C)C)[C@@H]2O)C[C@H](OC(C)=O)[C@@H](NC(C)=O)[C@H]([C@H](OC(C)=O)[C@@H](COC(C)=O)OC(C)=O)O1. The average Bonchev–Trinajstić information content (AvgIpc) is 3.24. The van der Waals surface area contributed by atoms with Crippen molar-refractivity contribution in [3.63, 3.8) is 0 Å². The topological polar surface area (TPSA) is 247 Å². The first-order valence-electron chi connectivity index (χ1n) is 22.5. The second-order valence-electron chi connectivity index (χ2n) is 19.2. The maximum absolute atomic E-state index is 14.4. The Morgan fingerprint density at radius 2 is 1.40 bits per heavy atom. The summed E-state index contributed by atoms with van der Waals surface area (Å²) in [5.74, 6) is -8.37. The third kappa shape index (κ3) is 14.3. The van der Waals surface area contributed by atoms with Crippen LogP contribution in [0.25, 0.3) is 0 Å². The lowest BCUT2D eigenvalue weighted by molar-refractivity contribution is -0.369. The quantitative estimate of drug-likeness (QED) is 0.0978. The molecule has 0 aromatic heterocycles. The fraction of sp³-hybridized carbons (Fsp3) is 0.617. The molecule has 0 bridgehead atoms. The summed E-state index contributed by atoms with van der Waals surface area (Å²) < 4.78 is 60.2. The Balaban J connectivity index is 1.92. The summed E-state index contributed by atoms with van der Waals surface area (Å²) in [7, 11) is -4.02. The van der Waals surface area contributed by atoms with Crippen LogP contribution in [0.3, 0.4) is 0 Å². The smallest absolute Gasteiger partial charge is 0.366 e. The van der Waals surface area contributed by atoms with Gasteiger partial charge in [0.1, 0.15) is 43.2 Å². The van der Waals surface area contributed by atoms with Gasteiger partial charge in [-0.1, -0.05) is 101 Å². The van der Waals surface area contributed by atoms with Crippen molar-refractivity contribution in [2.24, 2.45) is 0 Å². The number of benzene rings is 2. The van der Waals surface area contributed by atoms with Gasteiger partial charge in [0.15, 0.2) is 18.5 Å². The third-order valence-corrected chi connectivity index (χ3v) is 18.2. The van der Waals surface area contributed by atoms with Gasteiger partial charge in [-0.15, -0.1) is 0 Å². The number of methoxy groups -OCH3 is 1. The van der Waals surface area contributed by atoms with E-state index in [1.165, 1.54) is 0 Å². The fourth-order valence-corrected chi connectivity index (χ4v) is 13.8. The average molecular weight is 992 g/mol. The molecule has 68 heavy (non-hydrogen) atoms. The van der Waals surface area contributed by atoms with Gasteiger partial charge in [-0.25, -0.2) is 4.79 Å². The van der Waals surface area contributed by atoms with Crippen molar-refractivity contribution in [2.45, 2.75) is 159 Å². The number of esters is 5. The van der Waals surface area contributed by atoms with Crippen molar-refractivity contribution in [1.82, 2.24) is 5.32 Å². The number of amides is 1. The van der Waals surface area contributed by atoms with Crippen LogP contribution in [0, 0.1) is 0 Å². The number of nitrogens with one attached hydrogen (secondary N) is 1. The Labute approximate surface area is 399 Å². The van der Waals surface area contributed by atoms with Gasteiger partial charge in [0, 0.05) is 49.3 Å². The fourth-order valence-electron chi connectivity index (χ4n) is 8.51. The molecule has 0 radical (unpaired) electrons. The zero-order valence-corrected chi connectivity index (χ0v) is 43.0. The number of aliphatic hydroxyl groups is 2. The lowest BCUT2D eigenvalue weighted by Crippen LogP contribution is -2.72. The molecule has 21 heteroatoms. The normalized spacial score (nSPS) is 26.3. The van der Waals surface area contributed by atoms with Crippen LogP contribution in [0.5, 0.6) is 0 Å². The van der Waals surface area contributed by atoms with E-state index in [4.69, 9.17) is 47.1 Å². The number of rotatable bonds is 20. The van der Waals surface area contributed by atoms with Gasteiger partial charge in [0.2, 0.25) is 5.91 Å². The van der Waals surface area contributed by atoms with Gasteiger partial charge in [-0.3, -0.25) is 24.0 Å². The van der Waals surface area contributed by atoms with E-state index in [1.54, 1.807) is 0 Å². The van der Waals surface area contributed by atoms with Gasteiger partial charge in [-0.05, 0) is 21.5 Å². The standard InChI is InChI=1S/C47H69NO18Si2/c1-28(49)48-38-35(61-30(3)51)25-47(45(56)57-9,65-42(38)41(63-32(5)53)37(62-31(4)52)26-59-29(2)50)66-43-39(54)36(64-44(40(43)55)58-23-24-67(10,11)12)27-60-68(46(6,7)8,33-19-15-13-16-20-33)34-21-17-14-18-22-34/h13-22,35-44,54-55H,23-27H2,1-12H3,(H,48,49)/t35-,36+,37+,38+,39-,40+,41+,42+,43-,44+,47-/m0/s1. The van der Waals surface area contributed by atoms with Crippen LogP contribution in [-0.4, -0.2) is 156 Å². The van der Waals surface area contributed by atoms with Gasteiger partial charge in [0.25, 0.3) is 14.1 Å². The second-order valence-corrected chi connectivity index (χ2v) is 29.1. The van der Waals surface area contributed by atoms with Crippen LogP contribution in [0.4, 0.5) is 0 Å². The molecular weight excluding hydrogens is 923 g/mol. The molecule has 0 aliphatic carbocycles. The highest BCUT2D eigenvalue weighted by molar-refractivity contribution is 6.99. The molecule has 2 saturated heterocycles. The first-order chi connectivity index (χ1) is 31.7. The van der Waals surface area contributed by atoms with E-state index in [2.05, 4.69) is 45.7 Å². The number of carbonyl (C=O) groups excluding carboxylic acids is 6. The van der Waals surface area contributed by atoms with Crippen molar-refractivity contribution in [3.8, 4) is 0 Å². The predicted octanol–water partition coefficient (Wildman–Crippen LogP) is 2.27. The summed E-state index contributed by atoms with van der Waals surface area (Å²) in [6.45, 7) is 17.1. The minimum absolute atomic E-state index is 0.139. The lowest BCUT2D eigenvalue weighted by atomic mass is 9.87. The number of hydrogen-bond donors (Lipinski definition) is 3. The molecular formula is C47H69NO18Si2. The summed E-state index contributed by atoms with van der Waals surface area (Å²) in [6, 6.07) is 18.6. The molecule has 0 unspecified atom stereocenters. The molecule has 11 atom stereocenters. The number of aliphatic hydroxyl groups excluding tert-OH is 2. The molecule has 2 fully saturated rings. The number of carbonyl (C=O) groups is 6. The predicted molar refractivity (Wildman–Crippen MR) is 248 cm³/mol. The van der Waals surface area contributed by atoms with Gasteiger partial charge >= 0.3 is 29.8 Å². The van der Waals surface area contributed by atoms with Crippen LogP contribution in [0.1, 0.15) is 61.8 Å². The first-order valence-corrected chi connectivity index (χ1v) is 28.1. The van der Waals surface area contributed by atoms with Crippen LogP contribution < -0.4 is 15.7 Å². The molecule has 3 N–H and O–H groups in total. The molecule has 2 aromatic carbocycles. The number of hydrogen-bond acceptors (Lipinski definition) is 18. The Kier molecular flexibility index (Phi) is 19.6. The molecule has 2 aliphatic rings. The molecule has 4 rings (SSSR count). The van der Waals surface area contributed by atoms with E-state index in [-0.39, 0.29) is 13.2 Å². The Morgan fingerprint density at radius 1 is 0.824 bits per heavy atom. The summed E-state index contributed by atoms with van der Waals surface area (Å²) in [5.41, 5.74) is 0. The van der Waals surface area contributed by atoms with E-state index in [9.17, 15) is 39.0 Å². The van der Waals surface area contributed by atoms with E-state index >= 15 is 0 Å². The summed E-state index contributed by atoms with van der Waals surface area (Å²) >= 11 is 0. The summed E-state index contributed by atoms with van der Waals surface area (Å²) in [6.07, 6.45) is -16.0. The maximum Gasteiger partial charge on any atom is 0.366 e. The molecule has 2 aliphatic heterocycles. The molecule has 19 nitrogen and oxygen atoms in total. The van der Waals surface area contributed by atoms with Gasteiger partial charge < -0.3 is 62.6 Å². The van der Waals surface area contributed by atoms with Crippen LogP contribution in [0.15, 0.2) is 60.7 Å². The largest absolute Gasteiger partial charge is 0.465 e. The Hall–Kier alpha value is -4.59. The minimum Gasteiger partial charge on any atom is -0.465 e. The van der Waals surface area contributed by atoms with Crippen molar-refractivity contribution in [3.05, 3.63) is 60.7 Å². The highest BCUT2D eigenvalue weighted by atomic mass is 28.4. The van der Waals surface area contributed by atoms with Crippen LogP contribution in [0.2, 0.25) is 30.7 Å². The van der Waals surface area contributed by atoms with Gasteiger partial charge in [-0.2, -0.15) is 0 Å². The Morgan fingerprint density at radius 3 is 1.87 bits per heavy atom.